The number of anilines is 2. The minimum Gasteiger partial charge on any atom is -0.354 e. The molecule has 3 rings (SSSR count). The van der Waals surface area contributed by atoms with Gasteiger partial charge in [0.2, 0.25) is 0 Å². The van der Waals surface area contributed by atoms with Gasteiger partial charge in [0.15, 0.2) is 0 Å². The summed E-state index contributed by atoms with van der Waals surface area (Å²) < 4.78 is 1.32. The van der Waals surface area contributed by atoms with E-state index in [1.807, 2.05) is 6.07 Å². The molecule has 0 amide bonds. The van der Waals surface area contributed by atoms with Crippen LogP contribution in [0.2, 0.25) is 0 Å². The molecule has 20 heavy (non-hydrogen) atoms. The number of thiophene rings is 1. The smallest absolute Gasteiger partial charge is 0.0831 e. The van der Waals surface area contributed by atoms with Gasteiger partial charge in [-0.2, -0.15) is 0 Å². The first-order valence-electron chi connectivity index (χ1n) is 6.41. The Hall–Kier alpha value is -1.71. The molecule has 2 aromatic carbocycles. The Morgan fingerprint density at radius 3 is 2.25 bits per heavy atom. The molecule has 1 nitrogen and oxygen atoms in total. The molecule has 1 heterocycles. The van der Waals surface area contributed by atoms with Crippen LogP contribution in [-0.2, 0) is 0 Å². The maximum Gasteiger partial charge on any atom is 0.0831 e. The van der Waals surface area contributed by atoms with Crippen LogP contribution in [0, 0.1) is 0 Å². The van der Waals surface area contributed by atoms with Crippen LogP contribution < -0.4 is 5.32 Å². The summed E-state index contributed by atoms with van der Waals surface area (Å²) in [4.78, 5) is 0. The summed E-state index contributed by atoms with van der Waals surface area (Å²) in [5.41, 5.74) is 4.80. The van der Waals surface area contributed by atoms with Crippen molar-refractivity contribution in [3.8, 4) is 11.1 Å². The second-order valence-corrected chi connectivity index (χ2v) is 6.39. The SMILES string of the molecule is CSc1sccc1Nc1ccc(-c2ccccc2)cc1. The molecule has 0 saturated heterocycles. The van der Waals surface area contributed by atoms with Gasteiger partial charge in [-0.05, 0) is 41.0 Å². The highest BCUT2D eigenvalue weighted by Crippen LogP contribution is 2.33. The number of thioether (sulfide) groups is 1. The monoisotopic (exact) mass is 297 g/mol. The Labute approximate surface area is 127 Å². The molecule has 0 aliphatic heterocycles. The van der Waals surface area contributed by atoms with E-state index in [-0.39, 0.29) is 0 Å². The van der Waals surface area contributed by atoms with Crippen LogP contribution in [0.1, 0.15) is 0 Å². The van der Waals surface area contributed by atoms with Gasteiger partial charge in [-0.15, -0.1) is 23.1 Å². The summed E-state index contributed by atoms with van der Waals surface area (Å²) in [5, 5.41) is 5.59. The van der Waals surface area contributed by atoms with Gasteiger partial charge in [-0.1, -0.05) is 42.5 Å². The molecule has 0 spiro atoms. The molecule has 1 N–H and O–H groups in total. The minimum absolute atomic E-state index is 1.12. The number of benzene rings is 2. The normalized spacial score (nSPS) is 10.4. The molecule has 0 fully saturated rings. The van der Waals surface area contributed by atoms with E-state index in [1.165, 1.54) is 21.0 Å². The van der Waals surface area contributed by atoms with E-state index in [9.17, 15) is 0 Å². The lowest BCUT2D eigenvalue weighted by Crippen LogP contribution is -1.89. The van der Waals surface area contributed by atoms with Gasteiger partial charge < -0.3 is 5.32 Å². The Morgan fingerprint density at radius 2 is 1.55 bits per heavy atom. The highest BCUT2D eigenvalue weighted by atomic mass is 32.2. The van der Waals surface area contributed by atoms with Crippen LogP contribution in [0.3, 0.4) is 0 Å². The summed E-state index contributed by atoms with van der Waals surface area (Å²) in [6, 6.07) is 21.1. The van der Waals surface area contributed by atoms with Crippen molar-refractivity contribution in [2.24, 2.45) is 0 Å². The second-order valence-electron chi connectivity index (χ2n) is 4.39. The molecule has 3 heteroatoms. The summed E-state index contributed by atoms with van der Waals surface area (Å²) in [5.74, 6) is 0. The predicted octanol–water partition coefficient (Wildman–Crippen LogP) is 5.88. The van der Waals surface area contributed by atoms with E-state index < -0.39 is 0 Å². The van der Waals surface area contributed by atoms with Crippen molar-refractivity contribution >= 4 is 34.5 Å². The van der Waals surface area contributed by atoms with Gasteiger partial charge in [0, 0.05) is 5.69 Å². The zero-order chi connectivity index (χ0) is 13.8. The number of rotatable bonds is 4. The Balaban J connectivity index is 1.80. The fourth-order valence-electron chi connectivity index (χ4n) is 2.08. The molecule has 0 aliphatic rings. The molecular weight excluding hydrogens is 282 g/mol. The lowest BCUT2D eigenvalue weighted by molar-refractivity contribution is 1.53. The quantitative estimate of drug-likeness (QED) is 0.603. The molecular formula is C17H15NS2. The zero-order valence-corrected chi connectivity index (χ0v) is 12.8. The van der Waals surface area contributed by atoms with E-state index in [0.717, 1.165) is 5.69 Å². The van der Waals surface area contributed by atoms with Crippen molar-refractivity contribution < 1.29 is 0 Å². The molecule has 0 unspecified atom stereocenters. The fraction of sp³-hybridized carbons (Fsp3) is 0.0588. The third-order valence-corrected chi connectivity index (χ3v) is 5.17. The summed E-state index contributed by atoms with van der Waals surface area (Å²) in [6.07, 6.45) is 2.11. The van der Waals surface area contributed by atoms with Gasteiger partial charge in [0.25, 0.3) is 0 Å². The van der Waals surface area contributed by atoms with E-state index in [1.54, 1.807) is 23.1 Å². The lowest BCUT2D eigenvalue weighted by Gasteiger charge is -2.08. The average molecular weight is 297 g/mol. The predicted molar refractivity (Wildman–Crippen MR) is 91.3 cm³/mol. The molecule has 3 aromatic rings. The highest BCUT2D eigenvalue weighted by molar-refractivity contribution is 8.00. The van der Waals surface area contributed by atoms with Crippen LogP contribution in [0.5, 0.6) is 0 Å². The van der Waals surface area contributed by atoms with E-state index >= 15 is 0 Å². The van der Waals surface area contributed by atoms with E-state index in [0.29, 0.717) is 0 Å². The molecule has 0 saturated carbocycles. The molecule has 0 aliphatic carbocycles. The van der Waals surface area contributed by atoms with Gasteiger partial charge in [-0.25, -0.2) is 0 Å². The van der Waals surface area contributed by atoms with Gasteiger partial charge in [0.05, 0.1) is 9.90 Å². The average Bonchev–Trinajstić information content (AvgIpc) is 2.96. The first-order valence-corrected chi connectivity index (χ1v) is 8.51. The first-order chi connectivity index (χ1) is 9.86. The third kappa shape index (κ3) is 2.89. The second kappa shape index (κ2) is 6.16. The largest absolute Gasteiger partial charge is 0.354 e. The highest BCUT2D eigenvalue weighted by Gasteiger charge is 2.03. The van der Waals surface area contributed by atoms with E-state index in [2.05, 4.69) is 71.5 Å². The van der Waals surface area contributed by atoms with Gasteiger partial charge in [-0.3, -0.25) is 0 Å². The summed E-state index contributed by atoms with van der Waals surface area (Å²) in [7, 11) is 0. The van der Waals surface area contributed by atoms with Crippen LogP contribution in [-0.4, -0.2) is 6.26 Å². The van der Waals surface area contributed by atoms with Crippen LogP contribution in [0.25, 0.3) is 11.1 Å². The Bertz CT molecular complexity index is 672. The van der Waals surface area contributed by atoms with Gasteiger partial charge in [0.1, 0.15) is 0 Å². The number of hydrogen-bond donors (Lipinski definition) is 1. The molecule has 0 atom stereocenters. The Morgan fingerprint density at radius 1 is 0.850 bits per heavy atom. The van der Waals surface area contributed by atoms with Crippen LogP contribution in [0.15, 0.2) is 70.3 Å². The topological polar surface area (TPSA) is 12.0 Å². The standard InChI is InChI=1S/C17H15NS2/c1-19-17-16(11-12-20-17)18-15-9-7-14(8-10-15)13-5-3-2-4-6-13/h2-12,18H,1H3. The molecule has 100 valence electrons. The molecule has 0 bridgehead atoms. The maximum absolute atomic E-state index is 3.47. The van der Waals surface area contributed by atoms with Crippen molar-refractivity contribution in [1.82, 2.24) is 0 Å². The zero-order valence-electron chi connectivity index (χ0n) is 11.2. The fourth-order valence-corrected chi connectivity index (χ4v) is 3.54. The molecule has 0 radical (unpaired) electrons. The van der Waals surface area contributed by atoms with Crippen LogP contribution >= 0.6 is 23.1 Å². The Kier molecular flexibility index (Phi) is 4.09. The van der Waals surface area contributed by atoms with Crippen molar-refractivity contribution in [3.63, 3.8) is 0 Å². The number of hydrogen-bond acceptors (Lipinski definition) is 3. The summed E-state index contributed by atoms with van der Waals surface area (Å²) >= 11 is 3.55. The molecule has 1 aromatic heterocycles. The van der Waals surface area contributed by atoms with Crippen molar-refractivity contribution in [3.05, 3.63) is 66.0 Å². The lowest BCUT2D eigenvalue weighted by atomic mass is 10.1. The minimum atomic E-state index is 1.12. The van der Waals surface area contributed by atoms with Crippen LogP contribution in [0.4, 0.5) is 11.4 Å². The maximum atomic E-state index is 3.47. The number of nitrogens with one attached hydrogen (secondary N) is 1. The third-order valence-electron chi connectivity index (χ3n) is 3.09. The van der Waals surface area contributed by atoms with Crippen molar-refractivity contribution in [1.29, 1.82) is 0 Å². The first kappa shape index (κ1) is 13.3. The summed E-state index contributed by atoms with van der Waals surface area (Å²) in [6.45, 7) is 0. The van der Waals surface area contributed by atoms with Gasteiger partial charge >= 0.3 is 0 Å². The van der Waals surface area contributed by atoms with Crippen molar-refractivity contribution in [2.75, 3.05) is 11.6 Å². The van der Waals surface area contributed by atoms with E-state index in [4.69, 9.17) is 0 Å². The van der Waals surface area contributed by atoms with Crippen molar-refractivity contribution in [2.45, 2.75) is 4.21 Å².